The smallest absolute Gasteiger partial charge is 0.373 e. The van der Waals surface area contributed by atoms with Crippen LogP contribution in [0.1, 0.15) is 37.1 Å². The Morgan fingerprint density at radius 3 is 2.62 bits per heavy atom. The second-order valence-corrected chi connectivity index (χ2v) is 9.20. The van der Waals surface area contributed by atoms with E-state index in [1.165, 1.54) is 25.1 Å². The molecule has 5 heterocycles. The summed E-state index contributed by atoms with van der Waals surface area (Å²) in [6, 6.07) is 6.87. The molecule has 6 rings (SSSR count). The Morgan fingerprint density at radius 2 is 1.91 bits per heavy atom. The zero-order chi connectivity index (χ0) is 23.7. The van der Waals surface area contributed by atoms with Crippen molar-refractivity contribution < 1.29 is 22.8 Å². The van der Waals surface area contributed by atoms with Crippen molar-refractivity contribution in [1.82, 2.24) is 29.6 Å². The minimum Gasteiger partial charge on any atom is -0.373 e. The number of aryl methyl sites for hydroxylation is 1. The molecule has 176 valence electrons. The summed E-state index contributed by atoms with van der Waals surface area (Å²) in [7, 11) is 1.90. The van der Waals surface area contributed by atoms with E-state index in [0.717, 1.165) is 36.1 Å². The van der Waals surface area contributed by atoms with E-state index in [9.17, 15) is 18.3 Å². The van der Waals surface area contributed by atoms with Crippen LogP contribution in [0.4, 0.5) is 13.2 Å². The molecular weight excluding hydrogens is 449 g/mol. The molecule has 4 aromatic rings. The van der Waals surface area contributed by atoms with Crippen molar-refractivity contribution in [3.63, 3.8) is 0 Å². The summed E-state index contributed by atoms with van der Waals surface area (Å²) in [5.41, 5.74) is 3.40. The van der Waals surface area contributed by atoms with Crippen molar-refractivity contribution in [2.45, 2.75) is 31.7 Å². The summed E-state index contributed by atoms with van der Waals surface area (Å²) < 4.78 is 44.7. The average Bonchev–Trinajstić information content (AvgIpc) is 3.17. The molecule has 11 heteroatoms. The van der Waals surface area contributed by atoms with Crippen molar-refractivity contribution in [1.29, 1.82) is 0 Å². The maximum atomic E-state index is 12.8. The average molecular weight is 470 g/mol. The Morgan fingerprint density at radius 1 is 1.12 bits per heavy atom. The Balaban J connectivity index is 1.31. The van der Waals surface area contributed by atoms with Crippen LogP contribution in [0.5, 0.6) is 0 Å². The van der Waals surface area contributed by atoms with Crippen LogP contribution in [0.15, 0.2) is 41.2 Å². The Labute approximate surface area is 192 Å². The highest BCUT2D eigenvalue weighted by atomic mass is 19.4. The molecule has 1 saturated heterocycles. The van der Waals surface area contributed by atoms with Gasteiger partial charge in [0.15, 0.2) is 0 Å². The van der Waals surface area contributed by atoms with E-state index in [1.807, 2.05) is 23.7 Å². The van der Waals surface area contributed by atoms with Gasteiger partial charge in [-0.2, -0.15) is 18.2 Å². The number of rotatable bonds is 4. The zero-order valence-corrected chi connectivity index (χ0v) is 18.2. The summed E-state index contributed by atoms with van der Waals surface area (Å²) in [6.45, 7) is 1.80. The van der Waals surface area contributed by atoms with Gasteiger partial charge in [-0.3, -0.25) is 14.9 Å². The molecule has 0 radical (unpaired) electrons. The molecule has 4 aromatic heterocycles. The summed E-state index contributed by atoms with van der Waals surface area (Å²) in [5.74, 6) is -1.58. The van der Waals surface area contributed by atoms with Gasteiger partial charge in [0.1, 0.15) is 6.23 Å². The summed E-state index contributed by atoms with van der Waals surface area (Å²) in [4.78, 5) is 14.4. The molecule has 8 nitrogen and oxygen atoms in total. The lowest BCUT2D eigenvalue weighted by Gasteiger charge is -2.23. The van der Waals surface area contributed by atoms with Gasteiger partial charge in [0.05, 0.1) is 28.8 Å². The third-order valence-corrected chi connectivity index (χ3v) is 6.95. The van der Waals surface area contributed by atoms with Gasteiger partial charge >= 0.3 is 12.1 Å². The second-order valence-electron chi connectivity index (χ2n) is 9.20. The molecule has 1 saturated carbocycles. The molecule has 0 amide bonds. The van der Waals surface area contributed by atoms with E-state index >= 15 is 0 Å². The second kappa shape index (κ2) is 7.34. The number of likely N-dealkylation sites (tertiary alicyclic amines) is 1. The number of alkyl halides is 3. The maximum Gasteiger partial charge on any atom is 0.471 e. The van der Waals surface area contributed by atoms with Gasteiger partial charge in [-0.15, -0.1) is 0 Å². The molecule has 1 unspecified atom stereocenters. The minimum atomic E-state index is -4.71. The number of aliphatic hydroxyl groups excluding tert-OH is 1. The fraction of sp³-hybridized carbons (Fsp3) is 0.391. The number of hydrogen-bond donors (Lipinski definition) is 1. The van der Waals surface area contributed by atoms with E-state index in [0.29, 0.717) is 22.4 Å². The lowest BCUT2D eigenvalue weighted by molar-refractivity contribution is -0.159. The van der Waals surface area contributed by atoms with Crippen LogP contribution in [0, 0.1) is 5.41 Å². The number of nitrogens with zero attached hydrogens (tertiary/aromatic N) is 6. The summed E-state index contributed by atoms with van der Waals surface area (Å²) >= 11 is 0. The highest BCUT2D eigenvalue weighted by molar-refractivity contribution is 5.84. The summed E-state index contributed by atoms with van der Waals surface area (Å²) in [6.07, 6.45) is 1.38. The molecule has 34 heavy (non-hydrogen) atoms. The van der Waals surface area contributed by atoms with E-state index in [4.69, 9.17) is 0 Å². The van der Waals surface area contributed by atoms with Crippen molar-refractivity contribution >= 4 is 10.9 Å². The van der Waals surface area contributed by atoms with Crippen LogP contribution in [-0.2, 0) is 13.2 Å². The molecule has 1 aliphatic heterocycles. The standard InChI is InChI=1S/C23H21F3N6O2/c1-31-17(20(33)32-7-5-22(12-32)3-4-22)10-14-9-16(28-11-18(14)31)15-8-13(2-6-27-15)19-29-21(34-30-19)23(24,25)26/h2,6,8-11,20,33H,3-5,7,12H2,1H3. The molecule has 1 spiro atoms. The molecule has 2 fully saturated rings. The first kappa shape index (κ1) is 21.2. The number of aromatic nitrogens is 5. The molecule has 2 aliphatic rings. The van der Waals surface area contributed by atoms with Crippen LogP contribution >= 0.6 is 0 Å². The molecule has 0 aromatic carbocycles. The first-order valence-corrected chi connectivity index (χ1v) is 11.0. The third kappa shape index (κ3) is 3.55. The van der Waals surface area contributed by atoms with Gasteiger partial charge < -0.3 is 14.2 Å². The highest BCUT2D eigenvalue weighted by Crippen LogP contribution is 2.53. The van der Waals surface area contributed by atoms with E-state index in [1.54, 1.807) is 12.3 Å². The monoisotopic (exact) mass is 470 g/mol. The van der Waals surface area contributed by atoms with Crippen molar-refractivity contribution in [2.24, 2.45) is 12.5 Å². The molecule has 1 N–H and O–H groups in total. The summed E-state index contributed by atoms with van der Waals surface area (Å²) in [5, 5.41) is 15.4. The van der Waals surface area contributed by atoms with E-state index in [-0.39, 0.29) is 5.82 Å². The predicted octanol–water partition coefficient (Wildman–Crippen LogP) is 4.18. The zero-order valence-electron chi connectivity index (χ0n) is 18.2. The van der Waals surface area contributed by atoms with Gasteiger partial charge in [0.2, 0.25) is 5.82 Å². The lowest BCUT2D eigenvalue weighted by Crippen LogP contribution is -2.28. The normalized spacial score (nSPS) is 18.7. The largest absolute Gasteiger partial charge is 0.471 e. The number of aliphatic hydroxyl groups is 1. The highest BCUT2D eigenvalue weighted by Gasteiger charge is 2.49. The molecular formula is C23H21F3N6O2. The van der Waals surface area contributed by atoms with Crippen LogP contribution in [-0.4, -0.2) is 47.8 Å². The Kier molecular flexibility index (Phi) is 4.59. The van der Waals surface area contributed by atoms with Crippen molar-refractivity contribution in [3.8, 4) is 22.8 Å². The van der Waals surface area contributed by atoms with Gasteiger partial charge in [0.25, 0.3) is 0 Å². The fourth-order valence-electron chi connectivity index (χ4n) is 4.76. The predicted molar refractivity (Wildman–Crippen MR) is 115 cm³/mol. The van der Waals surface area contributed by atoms with Gasteiger partial charge in [-0.1, -0.05) is 5.16 Å². The van der Waals surface area contributed by atoms with Gasteiger partial charge in [-0.05, 0) is 48.9 Å². The lowest BCUT2D eigenvalue weighted by atomic mass is 10.1. The van der Waals surface area contributed by atoms with E-state index in [2.05, 4.69) is 29.5 Å². The number of pyridine rings is 2. The Bertz CT molecular complexity index is 1390. The molecule has 0 bridgehead atoms. The SMILES string of the molecule is Cn1c(C(O)N2CCC3(CC3)C2)cc2cc(-c3cc(-c4noc(C(F)(F)F)n4)ccn3)ncc21. The van der Waals surface area contributed by atoms with Crippen LogP contribution in [0.2, 0.25) is 0 Å². The molecule has 1 aliphatic carbocycles. The maximum absolute atomic E-state index is 12.8. The topological polar surface area (TPSA) is 93.1 Å². The quantitative estimate of drug-likeness (QED) is 0.478. The first-order chi connectivity index (χ1) is 16.2. The van der Waals surface area contributed by atoms with Crippen LogP contribution in [0.3, 0.4) is 0 Å². The number of fused-ring (bicyclic) bond motifs is 1. The van der Waals surface area contributed by atoms with Crippen molar-refractivity contribution in [3.05, 3.63) is 48.2 Å². The van der Waals surface area contributed by atoms with Crippen molar-refractivity contribution in [2.75, 3.05) is 13.1 Å². The van der Waals surface area contributed by atoms with E-state index < -0.39 is 18.3 Å². The van der Waals surface area contributed by atoms with Gasteiger partial charge in [0, 0.05) is 37.3 Å². The third-order valence-electron chi connectivity index (χ3n) is 6.95. The van der Waals surface area contributed by atoms with Crippen LogP contribution < -0.4 is 0 Å². The Hall–Kier alpha value is -3.31. The fourth-order valence-corrected chi connectivity index (χ4v) is 4.76. The van der Waals surface area contributed by atoms with Gasteiger partial charge in [-0.25, -0.2) is 0 Å². The number of halogens is 3. The molecule has 1 atom stereocenters. The minimum absolute atomic E-state index is 0.179. The first-order valence-electron chi connectivity index (χ1n) is 11.0. The van der Waals surface area contributed by atoms with Crippen LogP contribution in [0.25, 0.3) is 33.7 Å². The number of hydrogen-bond acceptors (Lipinski definition) is 7.